The molecule has 0 aromatic heterocycles. The first-order valence-corrected chi connectivity index (χ1v) is 9.59. The van der Waals surface area contributed by atoms with E-state index in [1.165, 1.54) is 25.7 Å². The molecule has 5 heteroatoms. The Morgan fingerprint density at radius 2 is 2.05 bits per heavy atom. The standard InChI is InChI=1S/C15H28N2O2S/c1-4-15(2)14(18)17(10-7-11-20(3)19)13(16-15)12-8-5-6-9-12/h12-13,16H,4-11H2,1-3H3. The lowest BCUT2D eigenvalue weighted by molar-refractivity contribution is -0.133. The third-order valence-electron chi connectivity index (χ3n) is 4.92. The number of carbonyl (C=O) groups excluding carboxylic acids is 1. The molecule has 3 atom stereocenters. The van der Waals surface area contributed by atoms with Gasteiger partial charge in [-0.3, -0.25) is 14.3 Å². The lowest BCUT2D eigenvalue weighted by atomic mass is 9.99. The molecule has 0 radical (unpaired) electrons. The molecule has 116 valence electrons. The maximum atomic E-state index is 12.7. The smallest absolute Gasteiger partial charge is 0.243 e. The maximum Gasteiger partial charge on any atom is 0.243 e. The summed E-state index contributed by atoms with van der Waals surface area (Å²) >= 11 is 0. The number of nitrogens with zero attached hydrogens (tertiary/aromatic N) is 1. The molecule has 4 nitrogen and oxygen atoms in total. The van der Waals surface area contributed by atoms with E-state index in [9.17, 15) is 9.00 Å². The van der Waals surface area contributed by atoms with E-state index in [0.29, 0.717) is 11.7 Å². The highest BCUT2D eigenvalue weighted by Gasteiger charge is 2.49. The number of amides is 1. The lowest BCUT2D eigenvalue weighted by Gasteiger charge is -2.29. The molecule has 3 unspecified atom stereocenters. The average Bonchev–Trinajstić information content (AvgIpc) is 3.00. The molecule has 20 heavy (non-hydrogen) atoms. The quantitative estimate of drug-likeness (QED) is 0.815. The third kappa shape index (κ3) is 3.25. The zero-order valence-corrected chi connectivity index (χ0v) is 13.8. The molecule has 2 aliphatic rings. The molecule has 1 aliphatic carbocycles. The van der Waals surface area contributed by atoms with Crippen molar-refractivity contribution in [2.24, 2.45) is 5.92 Å². The van der Waals surface area contributed by atoms with Gasteiger partial charge in [-0.15, -0.1) is 0 Å². The lowest BCUT2D eigenvalue weighted by Crippen LogP contribution is -2.45. The summed E-state index contributed by atoms with van der Waals surface area (Å²) in [6.07, 6.45) is 8.60. The minimum Gasteiger partial charge on any atom is -0.325 e. The van der Waals surface area contributed by atoms with Gasteiger partial charge in [0.2, 0.25) is 5.91 Å². The van der Waals surface area contributed by atoms with Crippen LogP contribution in [0.4, 0.5) is 0 Å². The Labute approximate surface area is 125 Å². The molecule has 1 saturated carbocycles. The largest absolute Gasteiger partial charge is 0.325 e. The van der Waals surface area contributed by atoms with Crippen molar-refractivity contribution in [2.45, 2.75) is 64.1 Å². The number of carbonyl (C=O) groups is 1. The van der Waals surface area contributed by atoms with Crippen LogP contribution in [0.3, 0.4) is 0 Å². The fraction of sp³-hybridized carbons (Fsp3) is 0.933. The number of hydrogen-bond donors (Lipinski definition) is 1. The van der Waals surface area contributed by atoms with Crippen molar-refractivity contribution in [3.05, 3.63) is 0 Å². The van der Waals surface area contributed by atoms with Crippen LogP contribution in [0, 0.1) is 5.92 Å². The molecule has 2 rings (SSSR count). The van der Waals surface area contributed by atoms with Crippen LogP contribution in [0.1, 0.15) is 52.4 Å². The maximum absolute atomic E-state index is 12.7. The summed E-state index contributed by atoms with van der Waals surface area (Å²) in [6, 6.07) is 0. The highest BCUT2D eigenvalue weighted by atomic mass is 32.2. The van der Waals surface area contributed by atoms with Crippen LogP contribution in [0.25, 0.3) is 0 Å². The number of rotatable bonds is 6. The van der Waals surface area contributed by atoms with Crippen LogP contribution in [-0.4, -0.2) is 45.3 Å². The highest BCUT2D eigenvalue weighted by Crippen LogP contribution is 2.35. The first-order valence-electron chi connectivity index (χ1n) is 7.86. The molecule has 1 saturated heterocycles. The van der Waals surface area contributed by atoms with Gasteiger partial charge in [0.15, 0.2) is 0 Å². The second-order valence-corrected chi connectivity index (χ2v) is 8.00. The summed E-state index contributed by atoms with van der Waals surface area (Å²) in [5.41, 5.74) is -0.404. The summed E-state index contributed by atoms with van der Waals surface area (Å²) in [5.74, 6) is 1.52. The second kappa shape index (κ2) is 6.56. The van der Waals surface area contributed by atoms with Crippen LogP contribution < -0.4 is 5.32 Å². The van der Waals surface area contributed by atoms with Crippen molar-refractivity contribution in [3.63, 3.8) is 0 Å². The van der Waals surface area contributed by atoms with Crippen molar-refractivity contribution in [3.8, 4) is 0 Å². The highest BCUT2D eigenvalue weighted by molar-refractivity contribution is 7.84. The van der Waals surface area contributed by atoms with Crippen LogP contribution in [-0.2, 0) is 15.6 Å². The Morgan fingerprint density at radius 3 is 2.60 bits per heavy atom. The summed E-state index contributed by atoms with van der Waals surface area (Å²) in [4.78, 5) is 14.7. The molecule has 0 bridgehead atoms. The molecule has 0 spiro atoms. The molecule has 1 aliphatic heterocycles. The zero-order valence-electron chi connectivity index (χ0n) is 13.0. The van der Waals surface area contributed by atoms with Gasteiger partial charge >= 0.3 is 0 Å². The van der Waals surface area contributed by atoms with Gasteiger partial charge in [-0.2, -0.15) is 0 Å². The molecule has 1 heterocycles. The summed E-state index contributed by atoms with van der Waals surface area (Å²) in [5, 5.41) is 3.60. The molecule has 1 N–H and O–H groups in total. The fourth-order valence-electron chi connectivity index (χ4n) is 3.49. The van der Waals surface area contributed by atoms with E-state index in [1.54, 1.807) is 6.26 Å². The number of nitrogens with one attached hydrogen (secondary N) is 1. The minimum atomic E-state index is -0.769. The Morgan fingerprint density at radius 1 is 1.40 bits per heavy atom. The first-order chi connectivity index (χ1) is 9.48. The van der Waals surface area contributed by atoms with Crippen molar-refractivity contribution < 1.29 is 9.00 Å². The predicted octanol–water partition coefficient (Wildman–Crippen LogP) is 1.87. The van der Waals surface area contributed by atoms with Crippen LogP contribution in [0.2, 0.25) is 0 Å². The van der Waals surface area contributed by atoms with Gasteiger partial charge in [0.1, 0.15) is 0 Å². The van der Waals surface area contributed by atoms with Crippen LogP contribution >= 0.6 is 0 Å². The van der Waals surface area contributed by atoms with E-state index in [4.69, 9.17) is 0 Å². The fourth-order valence-corrected chi connectivity index (χ4v) is 4.02. The van der Waals surface area contributed by atoms with Gasteiger partial charge in [-0.25, -0.2) is 0 Å². The van der Waals surface area contributed by atoms with Gasteiger partial charge in [0.05, 0.1) is 11.7 Å². The normalized spacial score (nSPS) is 33.0. The molecule has 2 fully saturated rings. The molecule has 1 amide bonds. The zero-order chi connectivity index (χ0) is 14.8. The van der Waals surface area contributed by atoms with Crippen LogP contribution in [0.15, 0.2) is 0 Å². The Bertz CT molecular complexity index is 382. The third-order valence-corrected chi connectivity index (χ3v) is 5.78. The van der Waals surface area contributed by atoms with E-state index in [1.807, 2.05) is 11.8 Å². The van der Waals surface area contributed by atoms with Crippen molar-refractivity contribution in [1.29, 1.82) is 0 Å². The summed E-state index contributed by atoms with van der Waals surface area (Å²) < 4.78 is 11.2. The topological polar surface area (TPSA) is 49.4 Å². The first kappa shape index (κ1) is 16.0. The average molecular weight is 300 g/mol. The Balaban J connectivity index is 2.06. The van der Waals surface area contributed by atoms with Crippen LogP contribution in [0.5, 0.6) is 0 Å². The van der Waals surface area contributed by atoms with E-state index in [2.05, 4.69) is 12.2 Å². The Kier molecular flexibility index (Phi) is 5.24. The molecular weight excluding hydrogens is 272 g/mol. The van der Waals surface area contributed by atoms with Crippen molar-refractivity contribution in [2.75, 3.05) is 18.6 Å². The van der Waals surface area contributed by atoms with E-state index >= 15 is 0 Å². The van der Waals surface area contributed by atoms with E-state index in [-0.39, 0.29) is 12.1 Å². The monoisotopic (exact) mass is 300 g/mol. The Hall–Kier alpha value is -0.420. The summed E-state index contributed by atoms with van der Waals surface area (Å²) in [6.45, 7) is 4.83. The van der Waals surface area contributed by atoms with Gasteiger partial charge in [0, 0.05) is 29.4 Å². The molecule has 0 aromatic rings. The van der Waals surface area contributed by atoms with Crippen molar-refractivity contribution >= 4 is 16.7 Å². The number of hydrogen-bond acceptors (Lipinski definition) is 3. The van der Waals surface area contributed by atoms with Gasteiger partial charge in [0.25, 0.3) is 0 Å². The minimum absolute atomic E-state index is 0.195. The molecular formula is C15H28N2O2S. The predicted molar refractivity (Wildman–Crippen MR) is 82.8 cm³/mol. The SMILES string of the molecule is CCC1(C)NC(C2CCCC2)N(CCCS(C)=O)C1=O. The van der Waals surface area contributed by atoms with Gasteiger partial charge in [-0.1, -0.05) is 19.8 Å². The summed E-state index contributed by atoms with van der Waals surface area (Å²) in [7, 11) is -0.769. The van der Waals surface area contributed by atoms with Gasteiger partial charge < -0.3 is 4.90 Å². The second-order valence-electron chi connectivity index (χ2n) is 6.45. The molecule has 0 aromatic carbocycles. The van der Waals surface area contributed by atoms with Crippen molar-refractivity contribution in [1.82, 2.24) is 10.2 Å². The van der Waals surface area contributed by atoms with E-state index < -0.39 is 16.3 Å². The van der Waals surface area contributed by atoms with Gasteiger partial charge in [-0.05, 0) is 38.5 Å². The van der Waals surface area contributed by atoms with E-state index in [0.717, 1.165) is 19.4 Å².